The van der Waals surface area contributed by atoms with Crippen LogP contribution in [0.15, 0.2) is 48.5 Å². The molecular weight excluding hydrogens is 208 g/mol. The molecule has 0 aromatic heterocycles. The second-order valence-corrected chi connectivity index (χ2v) is 4.53. The predicted octanol–water partition coefficient (Wildman–Crippen LogP) is 3.98. The fraction of sp³-hybridized carbons (Fsp3) is 0.188. The van der Waals surface area contributed by atoms with Gasteiger partial charge in [-0.05, 0) is 34.4 Å². The number of carbonyl (C=O) groups is 1. The lowest BCUT2D eigenvalue weighted by molar-refractivity contribution is -0.118. The van der Waals surface area contributed by atoms with Gasteiger partial charge in [-0.2, -0.15) is 0 Å². The molecule has 0 saturated heterocycles. The van der Waals surface area contributed by atoms with E-state index in [1.54, 1.807) is 0 Å². The van der Waals surface area contributed by atoms with E-state index in [0.717, 1.165) is 6.42 Å². The van der Waals surface area contributed by atoms with Crippen LogP contribution in [0, 0.1) is 0 Å². The lowest BCUT2D eigenvalue weighted by Crippen LogP contribution is -2.02. The number of Topliss-reactive ketones (excluding diaryl/α,β-unsaturated/α-hetero) is 1. The Morgan fingerprint density at radius 1 is 0.882 bits per heavy atom. The molecule has 1 aliphatic rings. The van der Waals surface area contributed by atoms with E-state index < -0.39 is 0 Å². The van der Waals surface area contributed by atoms with Crippen LogP contribution in [0.1, 0.15) is 24.8 Å². The smallest absolute Gasteiger partial charge is 0.137 e. The summed E-state index contributed by atoms with van der Waals surface area (Å²) in [5, 5.41) is 2.53. The maximum Gasteiger partial charge on any atom is 0.137 e. The van der Waals surface area contributed by atoms with E-state index in [1.165, 1.54) is 21.9 Å². The molecule has 0 heterocycles. The zero-order valence-corrected chi connectivity index (χ0v) is 9.65. The molecule has 0 spiro atoms. The lowest BCUT2D eigenvalue weighted by atomic mass is 9.92. The summed E-state index contributed by atoms with van der Waals surface area (Å²) in [7, 11) is 0. The van der Waals surface area contributed by atoms with E-state index in [1.807, 2.05) is 0 Å². The van der Waals surface area contributed by atoms with Gasteiger partial charge in [0.2, 0.25) is 0 Å². The van der Waals surface area contributed by atoms with Gasteiger partial charge in [0.25, 0.3) is 0 Å². The average Bonchev–Trinajstić information content (AvgIpc) is 2.39. The van der Waals surface area contributed by atoms with Crippen LogP contribution in [0.4, 0.5) is 0 Å². The number of benzene rings is 2. The monoisotopic (exact) mass is 222 g/mol. The Morgan fingerprint density at radius 3 is 2.47 bits per heavy atom. The molecule has 2 aromatic rings. The van der Waals surface area contributed by atoms with Gasteiger partial charge in [0.1, 0.15) is 5.78 Å². The molecule has 3 rings (SSSR count). The third-order valence-corrected chi connectivity index (χ3v) is 3.37. The Hall–Kier alpha value is -1.89. The van der Waals surface area contributed by atoms with Crippen molar-refractivity contribution >= 4 is 22.1 Å². The highest BCUT2D eigenvalue weighted by molar-refractivity contribution is 5.90. The summed E-state index contributed by atoms with van der Waals surface area (Å²) in [6.07, 6.45) is 4.26. The molecule has 0 fully saturated rings. The summed E-state index contributed by atoms with van der Waals surface area (Å²) in [6.45, 7) is 0. The Balaban J connectivity index is 2.03. The second kappa shape index (κ2) is 4.17. The Labute approximate surface area is 101 Å². The summed E-state index contributed by atoms with van der Waals surface area (Å²) in [6, 6.07) is 14.9. The first kappa shape index (κ1) is 10.3. The van der Waals surface area contributed by atoms with Gasteiger partial charge in [0.15, 0.2) is 0 Å². The Kier molecular flexibility index (Phi) is 2.52. The van der Waals surface area contributed by atoms with Gasteiger partial charge in [-0.15, -0.1) is 0 Å². The summed E-state index contributed by atoms with van der Waals surface area (Å²) >= 11 is 0. The van der Waals surface area contributed by atoms with Gasteiger partial charge in [-0.1, -0.05) is 42.5 Å². The van der Waals surface area contributed by atoms with Gasteiger partial charge in [0, 0.05) is 12.8 Å². The highest BCUT2D eigenvalue weighted by Crippen LogP contribution is 2.27. The minimum Gasteiger partial charge on any atom is -0.299 e. The van der Waals surface area contributed by atoms with E-state index in [9.17, 15) is 4.79 Å². The lowest BCUT2D eigenvalue weighted by Gasteiger charge is -2.12. The predicted molar refractivity (Wildman–Crippen MR) is 70.8 cm³/mol. The van der Waals surface area contributed by atoms with E-state index in [4.69, 9.17) is 0 Å². The third-order valence-electron chi connectivity index (χ3n) is 3.37. The third kappa shape index (κ3) is 2.01. The normalized spacial score (nSPS) is 16.0. The van der Waals surface area contributed by atoms with Crippen molar-refractivity contribution in [3.63, 3.8) is 0 Å². The summed E-state index contributed by atoms with van der Waals surface area (Å²) < 4.78 is 0. The zero-order chi connectivity index (χ0) is 11.7. The van der Waals surface area contributed by atoms with Gasteiger partial charge in [-0.3, -0.25) is 4.79 Å². The SMILES string of the molecule is O=C1CC=C(c2ccc3ccccc3c2)CC1. The first-order chi connectivity index (χ1) is 8.33. The van der Waals surface area contributed by atoms with Gasteiger partial charge in [0.05, 0.1) is 0 Å². The van der Waals surface area contributed by atoms with E-state index >= 15 is 0 Å². The number of allylic oxidation sites excluding steroid dienone is 2. The maximum atomic E-state index is 11.2. The molecule has 0 radical (unpaired) electrons. The molecule has 84 valence electrons. The number of carbonyl (C=O) groups excluding carboxylic acids is 1. The van der Waals surface area contributed by atoms with Crippen LogP contribution in [0.2, 0.25) is 0 Å². The molecule has 0 bridgehead atoms. The summed E-state index contributed by atoms with van der Waals surface area (Å²) in [5.41, 5.74) is 2.58. The molecule has 0 unspecified atom stereocenters. The highest BCUT2D eigenvalue weighted by Gasteiger charge is 2.11. The number of hydrogen-bond acceptors (Lipinski definition) is 1. The molecule has 0 atom stereocenters. The molecule has 0 aliphatic heterocycles. The first-order valence-corrected chi connectivity index (χ1v) is 6.03. The van der Waals surface area contributed by atoms with Crippen molar-refractivity contribution in [2.45, 2.75) is 19.3 Å². The average molecular weight is 222 g/mol. The number of fused-ring (bicyclic) bond motifs is 1. The van der Waals surface area contributed by atoms with Crippen molar-refractivity contribution in [2.24, 2.45) is 0 Å². The number of hydrogen-bond donors (Lipinski definition) is 0. The highest BCUT2D eigenvalue weighted by atomic mass is 16.1. The number of rotatable bonds is 1. The van der Waals surface area contributed by atoms with Crippen LogP contribution in [-0.2, 0) is 4.79 Å². The molecule has 1 nitrogen and oxygen atoms in total. The first-order valence-electron chi connectivity index (χ1n) is 6.03. The van der Waals surface area contributed by atoms with E-state index in [0.29, 0.717) is 18.6 Å². The Bertz CT molecular complexity index is 608. The van der Waals surface area contributed by atoms with Gasteiger partial charge < -0.3 is 0 Å². The molecule has 0 amide bonds. The molecule has 1 heteroatoms. The zero-order valence-electron chi connectivity index (χ0n) is 9.65. The van der Waals surface area contributed by atoms with Crippen molar-refractivity contribution < 1.29 is 4.79 Å². The minimum atomic E-state index is 0.356. The molecule has 2 aromatic carbocycles. The van der Waals surface area contributed by atoms with Crippen molar-refractivity contribution in [3.8, 4) is 0 Å². The van der Waals surface area contributed by atoms with Crippen LogP contribution in [0.5, 0.6) is 0 Å². The maximum absolute atomic E-state index is 11.2. The second-order valence-electron chi connectivity index (χ2n) is 4.53. The van der Waals surface area contributed by atoms with Crippen LogP contribution in [0.25, 0.3) is 16.3 Å². The van der Waals surface area contributed by atoms with E-state index in [2.05, 4.69) is 48.5 Å². The van der Waals surface area contributed by atoms with Crippen LogP contribution in [-0.4, -0.2) is 5.78 Å². The topological polar surface area (TPSA) is 17.1 Å². The van der Waals surface area contributed by atoms with Crippen LogP contribution >= 0.6 is 0 Å². The van der Waals surface area contributed by atoms with Crippen molar-refractivity contribution in [1.29, 1.82) is 0 Å². The van der Waals surface area contributed by atoms with Crippen molar-refractivity contribution in [3.05, 3.63) is 54.1 Å². The molecule has 0 N–H and O–H groups in total. The molecule has 17 heavy (non-hydrogen) atoms. The number of ketones is 1. The summed E-state index contributed by atoms with van der Waals surface area (Å²) in [5.74, 6) is 0.356. The fourth-order valence-corrected chi connectivity index (χ4v) is 2.37. The van der Waals surface area contributed by atoms with Gasteiger partial charge in [-0.25, -0.2) is 0 Å². The summed E-state index contributed by atoms with van der Waals surface area (Å²) in [4.78, 5) is 11.2. The van der Waals surface area contributed by atoms with Crippen LogP contribution < -0.4 is 0 Å². The largest absolute Gasteiger partial charge is 0.299 e. The molecule has 1 aliphatic carbocycles. The van der Waals surface area contributed by atoms with Crippen molar-refractivity contribution in [1.82, 2.24) is 0 Å². The quantitative estimate of drug-likeness (QED) is 0.713. The Morgan fingerprint density at radius 2 is 1.71 bits per heavy atom. The van der Waals surface area contributed by atoms with Crippen LogP contribution in [0.3, 0.4) is 0 Å². The molecular formula is C16H14O. The fourth-order valence-electron chi connectivity index (χ4n) is 2.37. The molecule has 0 saturated carbocycles. The minimum absolute atomic E-state index is 0.356. The standard InChI is InChI=1S/C16H14O/c17-16-9-7-13(8-10-16)15-6-5-12-3-1-2-4-14(12)11-15/h1-7,11H,8-10H2. The van der Waals surface area contributed by atoms with Gasteiger partial charge >= 0.3 is 0 Å². The van der Waals surface area contributed by atoms with Crippen molar-refractivity contribution in [2.75, 3.05) is 0 Å². The van der Waals surface area contributed by atoms with E-state index in [-0.39, 0.29) is 0 Å².